The second kappa shape index (κ2) is 20.8. The number of rotatable bonds is 6. The van der Waals surface area contributed by atoms with Gasteiger partial charge in [-0.25, -0.2) is 0 Å². The molecule has 8 amide bonds. The molecule has 0 aliphatic carbocycles. The predicted molar refractivity (Wildman–Crippen MR) is 224 cm³/mol. The standard InChI is InChI=1S/C40H56N10O11S/c1-6-18(3)32-37(58)43-14-29(52)44-27-17-62-39-23(22-10-20(41)8-9-24(22)47-39)12-25(34(55)42-15-30(53)48-32)45-38(59)33(19(4)7-2)49-36(57)28-11-21(51)16-50(28)40(60)26(46-35(27)56)13-31(54)61-5/h8-10,18-19,21,25-28,32-33,47,51H,6-7,11-17,41H2,1-5H3,(H,42,55)(H,43,58)(H,44,52)(H,45,59)(H,46,56)(H,48,53)(H,49,57)/t18-,19-,21?,25-,26-,27-,28-,32-,33-/m0/s1. The van der Waals surface area contributed by atoms with Crippen LogP contribution in [-0.4, -0.2) is 143 Å². The Balaban J connectivity index is 1.69. The number of thioether (sulfide) groups is 1. The summed E-state index contributed by atoms with van der Waals surface area (Å²) in [6, 6.07) is -3.27. The number of esters is 1. The molecule has 4 heterocycles. The molecule has 5 rings (SSSR count). The number of nitrogen functional groups attached to an aromatic ring is 1. The van der Waals surface area contributed by atoms with Gasteiger partial charge in [-0.05, 0) is 35.6 Å². The van der Waals surface area contributed by atoms with Crippen molar-refractivity contribution in [3.8, 4) is 0 Å². The van der Waals surface area contributed by atoms with Crippen LogP contribution >= 0.6 is 11.8 Å². The lowest BCUT2D eigenvalue weighted by atomic mass is 9.96. The fraction of sp³-hybridized carbons (Fsp3) is 0.575. The summed E-state index contributed by atoms with van der Waals surface area (Å²) < 4.78 is 4.82. The number of methoxy groups -OCH3 is 1. The maximum absolute atomic E-state index is 14.4. The number of nitrogens with zero attached hydrogens (tertiary/aromatic N) is 1. The van der Waals surface area contributed by atoms with Crippen molar-refractivity contribution in [1.82, 2.24) is 47.1 Å². The summed E-state index contributed by atoms with van der Waals surface area (Å²) in [5.74, 6) is -8.56. The molecule has 3 aliphatic rings. The number of ether oxygens (including phenoxy) is 1. The van der Waals surface area contributed by atoms with Crippen molar-refractivity contribution in [2.24, 2.45) is 11.8 Å². The first-order valence-electron chi connectivity index (χ1n) is 20.6. The molecule has 0 saturated carbocycles. The molecule has 1 saturated heterocycles. The second-order valence-corrected chi connectivity index (χ2v) is 16.9. The van der Waals surface area contributed by atoms with Gasteiger partial charge in [0.05, 0.1) is 37.8 Å². The molecular weight excluding hydrogens is 829 g/mol. The van der Waals surface area contributed by atoms with E-state index in [9.17, 15) is 48.3 Å². The minimum Gasteiger partial charge on any atom is -0.469 e. The minimum absolute atomic E-state index is 0.203. The highest BCUT2D eigenvalue weighted by Gasteiger charge is 2.44. The van der Waals surface area contributed by atoms with Crippen molar-refractivity contribution in [3.63, 3.8) is 0 Å². The van der Waals surface area contributed by atoms with E-state index in [0.717, 1.165) is 23.8 Å². The van der Waals surface area contributed by atoms with Gasteiger partial charge in [-0.3, -0.25) is 43.2 Å². The predicted octanol–water partition coefficient (Wildman–Crippen LogP) is -2.31. The molecular formula is C40H56N10O11S. The van der Waals surface area contributed by atoms with Gasteiger partial charge < -0.3 is 62.7 Å². The maximum atomic E-state index is 14.4. The third kappa shape index (κ3) is 11.3. The topological polar surface area (TPSA) is 312 Å². The lowest BCUT2D eigenvalue weighted by molar-refractivity contribution is -0.148. The van der Waals surface area contributed by atoms with Crippen LogP contribution < -0.4 is 43.0 Å². The monoisotopic (exact) mass is 884 g/mol. The number of aromatic nitrogens is 1. The molecule has 1 aromatic heterocycles. The van der Waals surface area contributed by atoms with Gasteiger partial charge in [0, 0.05) is 41.7 Å². The summed E-state index contributed by atoms with van der Waals surface area (Å²) >= 11 is 1.05. The fourth-order valence-corrected chi connectivity index (χ4v) is 8.63. The smallest absolute Gasteiger partial charge is 0.308 e. The maximum Gasteiger partial charge on any atom is 0.308 e. The summed E-state index contributed by atoms with van der Waals surface area (Å²) in [6.45, 7) is 5.41. The molecule has 1 unspecified atom stereocenters. The van der Waals surface area contributed by atoms with E-state index in [0.29, 0.717) is 40.0 Å². The highest BCUT2D eigenvalue weighted by Crippen LogP contribution is 2.33. The Kier molecular flexibility index (Phi) is 15.8. The van der Waals surface area contributed by atoms with Crippen LogP contribution in [0.4, 0.5) is 5.69 Å². The zero-order valence-electron chi connectivity index (χ0n) is 35.3. The van der Waals surface area contributed by atoms with Crippen LogP contribution in [0.25, 0.3) is 10.9 Å². The second-order valence-electron chi connectivity index (χ2n) is 15.9. The van der Waals surface area contributed by atoms with E-state index in [1.807, 2.05) is 0 Å². The van der Waals surface area contributed by atoms with Crippen LogP contribution in [0, 0.1) is 11.8 Å². The van der Waals surface area contributed by atoms with Crippen LogP contribution in [-0.2, 0) is 54.3 Å². The normalized spacial score (nSPS) is 27.3. The number of hydrogen-bond donors (Lipinski definition) is 10. The van der Waals surface area contributed by atoms with Gasteiger partial charge in [0.1, 0.15) is 36.3 Å². The Labute approximate surface area is 361 Å². The lowest BCUT2D eigenvalue weighted by Gasteiger charge is -2.32. The van der Waals surface area contributed by atoms with Gasteiger partial charge in [0.2, 0.25) is 47.3 Å². The quantitative estimate of drug-likeness (QED) is 0.108. The number of aromatic amines is 1. The number of fused-ring (bicyclic) bond motifs is 5. The van der Waals surface area contributed by atoms with E-state index < -0.39 is 127 Å². The van der Waals surface area contributed by atoms with Crippen molar-refractivity contribution in [1.29, 1.82) is 0 Å². The summed E-state index contributed by atoms with van der Waals surface area (Å²) in [5, 5.41) is 30.0. The molecule has 21 nitrogen and oxygen atoms in total. The van der Waals surface area contributed by atoms with Crippen molar-refractivity contribution in [2.45, 2.75) is 107 Å². The van der Waals surface area contributed by atoms with E-state index in [4.69, 9.17) is 10.5 Å². The Morgan fingerprint density at radius 1 is 0.839 bits per heavy atom. The molecule has 11 N–H and O–H groups in total. The number of benzene rings is 1. The van der Waals surface area contributed by atoms with Gasteiger partial charge in [0.25, 0.3) is 0 Å². The summed E-state index contributed by atoms with van der Waals surface area (Å²) in [4.78, 5) is 129. The van der Waals surface area contributed by atoms with Gasteiger partial charge >= 0.3 is 5.97 Å². The van der Waals surface area contributed by atoms with Crippen LogP contribution in [0.15, 0.2) is 23.2 Å². The first-order chi connectivity index (χ1) is 29.4. The third-order valence-electron chi connectivity index (χ3n) is 11.5. The Hall–Kier alpha value is -5.90. The first kappa shape index (κ1) is 47.2. The zero-order chi connectivity index (χ0) is 45.4. The Morgan fingerprint density at radius 2 is 1.48 bits per heavy atom. The number of nitrogens with two attached hydrogens (primary N) is 1. The summed E-state index contributed by atoms with van der Waals surface area (Å²) in [6.07, 6.45) is -1.51. The molecule has 9 atom stereocenters. The van der Waals surface area contributed by atoms with E-state index in [1.54, 1.807) is 45.9 Å². The fourth-order valence-electron chi connectivity index (χ4n) is 7.51. The van der Waals surface area contributed by atoms with Crippen molar-refractivity contribution < 1.29 is 53.0 Å². The van der Waals surface area contributed by atoms with Gasteiger partial charge in [0.15, 0.2) is 0 Å². The molecule has 1 aromatic carbocycles. The first-order valence-corrected chi connectivity index (χ1v) is 21.6. The van der Waals surface area contributed by atoms with Crippen molar-refractivity contribution in [2.75, 3.05) is 38.2 Å². The number of anilines is 1. The lowest BCUT2D eigenvalue weighted by Crippen LogP contribution is -2.61. The van der Waals surface area contributed by atoms with E-state index in [-0.39, 0.29) is 25.1 Å². The number of aliphatic hydroxyl groups is 1. The van der Waals surface area contributed by atoms with Crippen LogP contribution in [0.1, 0.15) is 58.9 Å². The molecule has 2 bridgehead atoms. The van der Waals surface area contributed by atoms with Gasteiger partial charge in [-0.15, -0.1) is 11.8 Å². The van der Waals surface area contributed by atoms with Crippen molar-refractivity contribution >= 4 is 81.6 Å². The highest BCUT2D eigenvalue weighted by molar-refractivity contribution is 7.99. The number of H-pyrrole nitrogens is 1. The van der Waals surface area contributed by atoms with E-state index in [2.05, 4.69) is 42.2 Å². The highest BCUT2D eigenvalue weighted by atomic mass is 32.2. The van der Waals surface area contributed by atoms with Gasteiger partial charge in [-0.2, -0.15) is 0 Å². The van der Waals surface area contributed by atoms with Crippen LogP contribution in [0.3, 0.4) is 0 Å². The molecule has 62 heavy (non-hydrogen) atoms. The van der Waals surface area contributed by atoms with E-state index in [1.165, 1.54) is 0 Å². The molecule has 22 heteroatoms. The van der Waals surface area contributed by atoms with Crippen LogP contribution in [0.2, 0.25) is 0 Å². The summed E-state index contributed by atoms with van der Waals surface area (Å²) in [7, 11) is 1.08. The van der Waals surface area contributed by atoms with E-state index >= 15 is 0 Å². The molecule has 0 radical (unpaired) electrons. The minimum atomic E-state index is -1.65. The average Bonchev–Trinajstić information content (AvgIpc) is 3.81. The number of aliphatic hydroxyl groups excluding tert-OH is 1. The SMILES string of the molecule is CC[C@H](C)[C@@H]1NC(=O)CNC(=O)[C@@H]2Cc3c([nH]c4ccc(N)cc34)SC[C@H](NC(=O)CNC1=O)C(=O)N[C@@H](CC(=O)OC)C(=O)N1CC(O)C[C@H]1C(=O)N[C@@H]([C@@H](C)CC)C(=O)N2. The molecule has 338 valence electrons. The number of amides is 8. The average molecular weight is 885 g/mol. The Bertz CT molecular complexity index is 2080. The van der Waals surface area contributed by atoms with Gasteiger partial charge in [-0.1, -0.05) is 40.5 Å². The number of carbonyl (C=O) groups is 9. The summed E-state index contributed by atoms with van der Waals surface area (Å²) in [5.41, 5.74) is 7.62. The number of nitrogens with one attached hydrogen (secondary N) is 8. The zero-order valence-corrected chi connectivity index (χ0v) is 36.1. The largest absolute Gasteiger partial charge is 0.469 e. The molecule has 0 spiro atoms. The molecule has 2 aromatic rings. The number of hydrogen-bond acceptors (Lipinski definition) is 13. The number of carbonyl (C=O) groups excluding carboxylic acids is 9. The molecule has 1 fully saturated rings. The van der Waals surface area contributed by atoms with Crippen LogP contribution in [0.5, 0.6) is 0 Å². The Morgan fingerprint density at radius 3 is 2.15 bits per heavy atom. The van der Waals surface area contributed by atoms with Crippen molar-refractivity contribution in [3.05, 3.63) is 23.8 Å². The molecule has 3 aliphatic heterocycles. The third-order valence-corrected chi connectivity index (χ3v) is 12.6.